The number of nitrogens with one attached hydrogen (secondary N) is 2. The molecule has 0 radical (unpaired) electrons. The van der Waals surface area contributed by atoms with Gasteiger partial charge in [-0.1, -0.05) is 6.07 Å². The fourth-order valence-electron chi connectivity index (χ4n) is 4.20. The van der Waals surface area contributed by atoms with Gasteiger partial charge in [0.1, 0.15) is 0 Å². The molecule has 0 bridgehead atoms. The van der Waals surface area contributed by atoms with Gasteiger partial charge in [-0.25, -0.2) is 0 Å². The second kappa shape index (κ2) is 8.65. The molecule has 0 aliphatic heterocycles. The summed E-state index contributed by atoms with van der Waals surface area (Å²) in [6.45, 7) is 11.9. The zero-order valence-electron chi connectivity index (χ0n) is 19.9. The summed E-state index contributed by atoms with van der Waals surface area (Å²) in [6.07, 6.45) is 1.82. The lowest BCUT2D eigenvalue weighted by molar-refractivity contribution is 0.0952. The van der Waals surface area contributed by atoms with Gasteiger partial charge in [0.25, 0.3) is 11.5 Å². The van der Waals surface area contributed by atoms with E-state index in [2.05, 4.69) is 35.2 Å². The normalized spacial score (nSPS) is 11.4. The molecule has 0 aliphatic carbocycles. The van der Waals surface area contributed by atoms with E-state index in [1.165, 1.54) is 0 Å². The van der Waals surface area contributed by atoms with Crippen molar-refractivity contribution < 1.29 is 4.79 Å². The van der Waals surface area contributed by atoms with E-state index in [1.54, 1.807) is 0 Å². The summed E-state index contributed by atoms with van der Waals surface area (Å²) in [6, 6.07) is 9.95. The zero-order chi connectivity index (χ0) is 23.9. The number of pyridine rings is 2. The largest absolute Gasteiger partial charge is 0.348 e. The van der Waals surface area contributed by atoms with Gasteiger partial charge in [-0.3, -0.25) is 19.3 Å². The third-order valence-corrected chi connectivity index (χ3v) is 5.88. The number of aromatic amines is 1. The highest BCUT2D eigenvalue weighted by atomic mass is 16.1. The fraction of sp³-hybridized carbons (Fsp3) is 0.308. The van der Waals surface area contributed by atoms with E-state index in [1.807, 2.05) is 62.8 Å². The van der Waals surface area contributed by atoms with Gasteiger partial charge in [-0.05, 0) is 76.9 Å². The molecule has 0 fully saturated rings. The number of fused-ring (bicyclic) bond motifs is 1. The molecule has 1 aromatic carbocycles. The molecule has 4 aromatic rings. The summed E-state index contributed by atoms with van der Waals surface area (Å²) in [4.78, 5) is 33.0. The molecule has 3 aromatic heterocycles. The van der Waals surface area contributed by atoms with Crippen molar-refractivity contribution in [2.24, 2.45) is 0 Å². The molecule has 4 rings (SSSR count). The molecule has 0 saturated carbocycles. The van der Waals surface area contributed by atoms with Crippen molar-refractivity contribution in [1.82, 2.24) is 25.1 Å². The van der Waals surface area contributed by atoms with Gasteiger partial charge in [-0.2, -0.15) is 5.10 Å². The molecule has 33 heavy (non-hydrogen) atoms. The second-order valence-electron chi connectivity index (χ2n) is 8.86. The van der Waals surface area contributed by atoms with Gasteiger partial charge >= 0.3 is 0 Å². The standard InChI is InChI=1S/C26H29N5O2/c1-14(2)31-23-11-20(19-8-7-16(4)27-12-19)10-21(24(23)18(6)30-31)25(32)28-13-22-15(3)9-17(5)29-26(22)33/h7-12,14H,13H2,1-6H3,(H,28,32)(H,29,33). The Kier molecular flexibility index (Phi) is 5.89. The van der Waals surface area contributed by atoms with Gasteiger partial charge in [0.15, 0.2) is 0 Å². The molecule has 1 amide bonds. The van der Waals surface area contributed by atoms with E-state index in [4.69, 9.17) is 5.10 Å². The third-order valence-electron chi connectivity index (χ3n) is 5.88. The van der Waals surface area contributed by atoms with Crippen LogP contribution in [0.15, 0.2) is 41.3 Å². The van der Waals surface area contributed by atoms with Gasteiger partial charge in [0.05, 0.1) is 16.8 Å². The highest BCUT2D eigenvalue weighted by Crippen LogP contribution is 2.31. The molecule has 0 saturated heterocycles. The van der Waals surface area contributed by atoms with Gasteiger partial charge in [-0.15, -0.1) is 0 Å². The first-order valence-corrected chi connectivity index (χ1v) is 11.1. The Morgan fingerprint density at radius 2 is 1.85 bits per heavy atom. The maximum Gasteiger partial charge on any atom is 0.253 e. The number of aromatic nitrogens is 4. The molecular weight excluding hydrogens is 414 g/mol. The maximum absolute atomic E-state index is 13.4. The first-order chi connectivity index (χ1) is 15.7. The van der Waals surface area contributed by atoms with Crippen molar-refractivity contribution in [3.05, 3.63) is 80.7 Å². The van der Waals surface area contributed by atoms with Crippen LogP contribution in [0.25, 0.3) is 22.0 Å². The number of aryl methyl sites for hydroxylation is 4. The summed E-state index contributed by atoms with van der Waals surface area (Å²) in [5.41, 5.74) is 7.00. The Morgan fingerprint density at radius 3 is 2.48 bits per heavy atom. The summed E-state index contributed by atoms with van der Waals surface area (Å²) in [5.74, 6) is -0.243. The topological polar surface area (TPSA) is 92.7 Å². The van der Waals surface area contributed by atoms with Crippen LogP contribution < -0.4 is 10.9 Å². The smallest absolute Gasteiger partial charge is 0.253 e. The van der Waals surface area contributed by atoms with Gasteiger partial charge in [0.2, 0.25) is 0 Å². The zero-order valence-corrected chi connectivity index (χ0v) is 19.9. The van der Waals surface area contributed by atoms with E-state index in [9.17, 15) is 9.59 Å². The predicted molar refractivity (Wildman–Crippen MR) is 131 cm³/mol. The Bertz CT molecular complexity index is 1410. The minimum atomic E-state index is -0.243. The number of amides is 1. The quantitative estimate of drug-likeness (QED) is 0.474. The average molecular weight is 444 g/mol. The van der Waals surface area contributed by atoms with Gasteiger partial charge in [0, 0.05) is 46.7 Å². The number of benzene rings is 1. The number of hydrogen-bond donors (Lipinski definition) is 2. The highest BCUT2D eigenvalue weighted by Gasteiger charge is 2.20. The van der Waals surface area contributed by atoms with Crippen LogP contribution in [0.3, 0.4) is 0 Å². The summed E-state index contributed by atoms with van der Waals surface area (Å²) in [5, 5.41) is 8.47. The van der Waals surface area contributed by atoms with Crippen LogP contribution in [0.1, 0.15) is 58.5 Å². The molecule has 2 N–H and O–H groups in total. The molecule has 3 heterocycles. The third kappa shape index (κ3) is 4.31. The molecule has 170 valence electrons. The van der Waals surface area contributed by atoms with Crippen LogP contribution in [0.4, 0.5) is 0 Å². The summed E-state index contributed by atoms with van der Waals surface area (Å²) in [7, 11) is 0. The van der Waals surface area contributed by atoms with Crippen LogP contribution >= 0.6 is 0 Å². The molecule has 0 spiro atoms. The Hall–Kier alpha value is -3.74. The predicted octanol–water partition coefficient (Wildman–Crippen LogP) is 4.53. The first-order valence-electron chi connectivity index (χ1n) is 11.1. The fourth-order valence-corrected chi connectivity index (χ4v) is 4.20. The molecule has 7 nitrogen and oxygen atoms in total. The number of nitrogens with zero attached hydrogens (tertiary/aromatic N) is 3. The monoisotopic (exact) mass is 443 g/mol. The molecular formula is C26H29N5O2. The Balaban J connectivity index is 1.80. The van der Waals surface area contributed by atoms with E-state index >= 15 is 0 Å². The SMILES string of the molecule is Cc1ccc(-c2cc(C(=O)NCc3c(C)cc(C)[nH]c3=O)c3c(C)nn(C(C)C)c3c2)cn1. The van der Waals surface area contributed by atoms with Crippen molar-refractivity contribution in [2.45, 2.75) is 54.1 Å². The van der Waals surface area contributed by atoms with Crippen molar-refractivity contribution in [3.8, 4) is 11.1 Å². The van der Waals surface area contributed by atoms with Crippen LogP contribution in [0.2, 0.25) is 0 Å². The van der Waals surface area contributed by atoms with E-state index in [-0.39, 0.29) is 24.1 Å². The minimum Gasteiger partial charge on any atom is -0.348 e. The average Bonchev–Trinajstić information content (AvgIpc) is 3.09. The number of hydrogen-bond acceptors (Lipinski definition) is 4. The molecule has 0 atom stereocenters. The van der Waals surface area contributed by atoms with E-state index in [0.717, 1.165) is 44.7 Å². The lowest BCUT2D eigenvalue weighted by Gasteiger charge is -2.13. The minimum absolute atomic E-state index is 0.136. The number of rotatable bonds is 5. The molecule has 0 aliphatic rings. The summed E-state index contributed by atoms with van der Waals surface area (Å²) >= 11 is 0. The number of carbonyl (C=O) groups is 1. The summed E-state index contributed by atoms with van der Waals surface area (Å²) < 4.78 is 1.95. The van der Waals surface area contributed by atoms with Crippen LogP contribution in [0.5, 0.6) is 0 Å². The van der Waals surface area contributed by atoms with Crippen LogP contribution in [0, 0.1) is 27.7 Å². The van der Waals surface area contributed by atoms with Crippen molar-refractivity contribution >= 4 is 16.8 Å². The first kappa shape index (κ1) is 22.5. The Labute approximate surface area is 192 Å². The lowest BCUT2D eigenvalue weighted by atomic mass is 9.99. The second-order valence-corrected chi connectivity index (χ2v) is 8.86. The van der Waals surface area contributed by atoms with Crippen molar-refractivity contribution in [1.29, 1.82) is 0 Å². The highest BCUT2D eigenvalue weighted by molar-refractivity contribution is 6.09. The van der Waals surface area contributed by atoms with E-state index in [0.29, 0.717) is 11.1 Å². The maximum atomic E-state index is 13.4. The van der Waals surface area contributed by atoms with E-state index < -0.39 is 0 Å². The van der Waals surface area contributed by atoms with Crippen molar-refractivity contribution in [3.63, 3.8) is 0 Å². The molecule has 7 heteroatoms. The van der Waals surface area contributed by atoms with Crippen LogP contribution in [-0.4, -0.2) is 25.7 Å². The number of H-pyrrole nitrogens is 1. The van der Waals surface area contributed by atoms with Gasteiger partial charge < -0.3 is 10.3 Å². The lowest BCUT2D eigenvalue weighted by Crippen LogP contribution is -2.28. The van der Waals surface area contributed by atoms with Crippen molar-refractivity contribution in [2.75, 3.05) is 0 Å². The Morgan fingerprint density at radius 1 is 1.09 bits per heavy atom. The number of carbonyl (C=O) groups excluding carboxylic acids is 1. The molecule has 0 unspecified atom stereocenters. The van der Waals surface area contributed by atoms with Crippen LogP contribution in [-0.2, 0) is 6.54 Å².